The van der Waals surface area contributed by atoms with Gasteiger partial charge in [-0.15, -0.1) is 11.3 Å². The van der Waals surface area contributed by atoms with Gasteiger partial charge in [-0.2, -0.15) is 5.10 Å². The van der Waals surface area contributed by atoms with Crippen molar-refractivity contribution in [3.05, 3.63) is 27.8 Å². The van der Waals surface area contributed by atoms with Crippen LogP contribution < -0.4 is 5.32 Å². The minimum atomic E-state index is -0.0748. The first-order chi connectivity index (χ1) is 8.19. The number of anilines is 1. The molecule has 17 heavy (non-hydrogen) atoms. The van der Waals surface area contributed by atoms with Gasteiger partial charge in [0.25, 0.3) is 0 Å². The van der Waals surface area contributed by atoms with Crippen molar-refractivity contribution in [2.75, 3.05) is 5.32 Å². The van der Waals surface area contributed by atoms with Gasteiger partial charge >= 0.3 is 0 Å². The Bertz CT molecular complexity index is 517. The highest BCUT2D eigenvalue weighted by molar-refractivity contribution is 7.09. The number of aryl methyl sites for hydroxylation is 2. The molecule has 0 aliphatic carbocycles. The molecule has 0 bridgehead atoms. The van der Waals surface area contributed by atoms with Gasteiger partial charge in [-0.3, -0.25) is 9.89 Å². The van der Waals surface area contributed by atoms with E-state index in [9.17, 15) is 4.79 Å². The van der Waals surface area contributed by atoms with Gasteiger partial charge in [0.15, 0.2) is 0 Å². The number of nitrogens with one attached hydrogen (secondary N) is 2. The number of rotatable bonds is 4. The standard InChI is InChI=1S/C11H14N4OS/c1-3-8-5-12-15-11(8)14-10(16)4-9-6-17-7(2)13-9/h5-6H,3-4H2,1-2H3,(H2,12,14,15,16). The molecule has 0 aliphatic rings. The van der Waals surface area contributed by atoms with E-state index in [1.807, 2.05) is 19.2 Å². The van der Waals surface area contributed by atoms with Crippen LogP contribution in [0.2, 0.25) is 0 Å². The van der Waals surface area contributed by atoms with Crippen LogP contribution in [0.1, 0.15) is 23.2 Å². The summed E-state index contributed by atoms with van der Waals surface area (Å²) in [7, 11) is 0. The Labute approximate surface area is 103 Å². The summed E-state index contributed by atoms with van der Waals surface area (Å²) in [6.45, 7) is 3.94. The Kier molecular flexibility index (Phi) is 3.53. The number of hydrogen-bond acceptors (Lipinski definition) is 4. The van der Waals surface area contributed by atoms with Crippen LogP contribution in [0.15, 0.2) is 11.6 Å². The molecule has 2 N–H and O–H groups in total. The summed E-state index contributed by atoms with van der Waals surface area (Å²) < 4.78 is 0. The van der Waals surface area contributed by atoms with Gasteiger partial charge in [0, 0.05) is 10.9 Å². The van der Waals surface area contributed by atoms with Crippen LogP contribution in [-0.2, 0) is 17.6 Å². The molecule has 0 radical (unpaired) electrons. The molecule has 0 aliphatic heterocycles. The van der Waals surface area contributed by atoms with Crippen LogP contribution in [0, 0.1) is 6.92 Å². The number of carbonyl (C=O) groups excluding carboxylic acids is 1. The predicted molar refractivity (Wildman–Crippen MR) is 67.2 cm³/mol. The maximum Gasteiger partial charge on any atom is 0.231 e. The quantitative estimate of drug-likeness (QED) is 0.870. The largest absolute Gasteiger partial charge is 0.311 e. The first kappa shape index (κ1) is 11.8. The molecule has 0 atom stereocenters. The lowest BCUT2D eigenvalue weighted by atomic mass is 10.2. The van der Waals surface area contributed by atoms with Gasteiger partial charge in [-0.1, -0.05) is 6.92 Å². The van der Waals surface area contributed by atoms with Crippen LogP contribution in [0.25, 0.3) is 0 Å². The zero-order chi connectivity index (χ0) is 12.3. The van der Waals surface area contributed by atoms with Crippen LogP contribution in [0.5, 0.6) is 0 Å². The average Bonchev–Trinajstić information content (AvgIpc) is 2.87. The molecule has 0 aromatic carbocycles. The van der Waals surface area contributed by atoms with Crippen molar-refractivity contribution >= 4 is 23.1 Å². The highest BCUT2D eigenvalue weighted by Gasteiger charge is 2.10. The molecule has 0 unspecified atom stereocenters. The summed E-state index contributed by atoms with van der Waals surface area (Å²) >= 11 is 1.55. The zero-order valence-corrected chi connectivity index (χ0v) is 10.6. The Morgan fingerprint density at radius 2 is 2.41 bits per heavy atom. The van der Waals surface area contributed by atoms with E-state index in [-0.39, 0.29) is 5.91 Å². The predicted octanol–water partition coefficient (Wildman–Crippen LogP) is 1.92. The Morgan fingerprint density at radius 3 is 3.06 bits per heavy atom. The molecule has 2 aromatic heterocycles. The third-order valence-electron chi connectivity index (χ3n) is 2.37. The molecule has 6 heteroatoms. The fraction of sp³-hybridized carbons (Fsp3) is 0.364. The Morgan fingerprint density at radius 1 is 1.59 bits per heavy atom. The van der Waals surface area contributed by atoms with Crippen molar-refractivity contribution in [1.29, 1.82) is 0 Å². The van der Waals surface area contributed by atoms with Crippen LogP contribution in [-0.4, -0.2) is 21.1 Å². The maximum absolute atomic E-state index is 11.8. The summed E-state index contributed by atoms with van der Waals surface area (Å²) in [6.07, 6.45) is 2.86. The molecular formula is C11H14N4OS. The molecule has 1 amide bonds. The van der Waals surface area contributed by atoms with E-state index < -0.39 is 0 Å². The van der Waals surface area contributed by atoms with Crippen LogP contribution in [0.3, 0.4) is 0 Å². The van der Waals surface area contributed by atoms with E-state index in [0.29, 0.717) is 12.2 Å². The SMILES string of the molecule is CCc1cn[nH]c1NC(=O)Cc1csc(C)n1. The van der Waals surface area contributed by atoms with Crippen molar-refractivity contribution < 1.29 is 4.79 Å². The Hall–Kier alpha value is -1.69. The molecule has 0 fully saturated rings. The molecular weight excluding hydrogens is 236 g/mol. The second kappa shape index (κ2) is 5.09. The molecule has 2 rings (SSSR count). The number of thiazole rings is 1. The number of carbonyl (C=O) groups is 1. The normalized spacial score (nSPS) is 10.5. The monoisotopic (exact) mass is 250 g/mol. The van der Waals surface area contributed by atoms with Crippen LogP contribution in [0.4, 0.5) is 5.82 Å². The summed E-state index contributed by atoms with van der Waals surface area (Å²) in [5.41, 5.74) is 1.82. The highest BCUT2D eigenvalue weighted by Crippen LogP contribution is 2.13. The number of amides is 1. The third-order valence-corrected chi connectivity index (χ3v) is 3.19. The van der Waals surface area contributed by atoms with Gasteiger partial charge in [0.2, 0.25) is 5.91 Å². The fourth-order valence-electron chi connectivity index (χ4n) is 1.52. The van der Waals surface area contributed by atoms with Gasteiger partial charge in [0.1, 0.15) is 5.82 Å². The smallest absolute Gasteiger partial charge is 0.231 e. The minimum Gasteiger partial charge on any atom is -0.311 e. The number of aromatic nitrogens is 3. The van der Waals surface area contributed by atoms with E-state index in [2.05, 4.69) is 20.5 Å². The molecule has 2 aromatic rings. The lowest BCUT2D eigenvalue weighted by Crippen LogP contribution is -2.15. The first-order valence-corrected chi connectivity index (χ1v) is 6.30. The van der Waals surface area contributed by atoms with E-state index in [0.717, 1.165) is 22.7 Å². The summed E-state index contributed by atoms with van der Waals surface area (Å²) in [5, 5.41) is 12.4. The number of nitrogens with zero attached hydrogens (tertiary/aromatic N) is 2. The lowest BCUT2D eigenvalue weighted by molar-refractivity contribution is -0.115. The molecule has 0 spiro atoms. The van der Waals surface area contributed by atoms with E-state index in [1.165, 1.54) is 0 Å². The molecule has 5 nitrogen and oxygen atoms in total. The fourth-order valence-corrected chi connectivity index (χ4v) is 2.14. The maximum atomic E-state index is 11.8. The average molecular weight is 250 g/mol. The van der Waals surface area contributed by atoms with Crippen molar-refractivity contribution in [3.63, 3.8) is 0 Å². The van der Waals surface area contributed by atoms with Gasteiger partial charge in [-0.25, -0.2) is 4.98 Å². The second-order valence-electron chi connectivity index (χ2n) is 3.71. The zero-order valence-electron chi connectivity index (χ0n) is 9.78. The molecule has 2 heterocycles. The van der Waals surface area contributed by atoms with Gasteiger partial charge in [-0.05, 0) is 13.3 Å². The van der Waals surface area contributed by atoms with Gasteiger partial charge < -0.3 is 5.32 Å². The van der Waals surface area contributed by atoms with Crippen molar-refractivity contribution in [2.24, 2.45) is 0 Å². The third kappa shape index (κ3) is 2.91. The van der Waals surface area contributed by atoms with Gasteiger partial charge in [0.05, 0.1) is 23.3 Å². The summed E-state index contributed by atoms with van der Waals surface area (Å²) in [5.74, 6) is 0.610. The number of aromatic amines is 1. The van der Waals surface area contributed by atoms with E-state index in [4.69, 9.17) is 0 Å². The Balaban J connectivity index is 1.98. The molecule has 0 saturated carbocycles. The topological polar surface area (TPSA) is 70.7 Å². The van der Waals surface area contributed by atoms with Crippen molar-refractivity contribution in [1.82, 2.24) is 15.2 Å². The molecule has 0 saturated heterocycles. The van der Waals surface area contributed by atoms with Crippen LogP contribution >= 0.6 is 11.3 Å². The number of H-pyrrole nitrogens is 1. The summed E-state index contributed by atoms with van der Waals surface area (Å²) in [6, 6.07) is 0. The lowest BCUT2D eigenvalue weighted by Gasteiger charge is -2.02. The van der Waals surface area contributed by atoms with Crippen molar-refractivity contribution in [2.45, 2.75) is 26.7 Å². The summed E-state index contributed by atoms with van der Waals surface area (Å²) in [4.78, 5) is 16.0. The first-order valence-electron chi connectivity index (χ1n) is 5.42. The minimum absolute atomic E-state index is 0.0748. The van der Waals surface area contributed by atoms with E-state index in [1.54, 1.807) is 17.5 Å². The molecule has 90 valence electrons. The van der Waals surface area contributed by atoms with E-state index >= 15 is 0 Å². The second-order valence-corrected chi connectivity index (χ2v) is 4.77. The van der Waals surface area contributed by atoms with Crippen molar-refractivity contribution in [3.8, 4) is 0 Å². The number of hydrogen-bond donors (Lipinski definition) is 2. The highest BCUT2D eigenvalue weighted by atomic mass is 32.1.